The molecule has 1 aromatic rings. The quantitative estimate of drug-likeness (QED) is 0.918. The van der Waals surface area contributed by atoms with Crippen LogP contribution in [-0.4, -0.2) is 35.8 Å². The van der Waals surface area contributed by atoms with Crippen LogP contribution < -0.4 is 5.32 Å². The molecule has 1 aliphatic heterocycles. The highest BCUT2D eigenvalue weighted by Crippen LogP contribution is 2.10. The Morgan fingerprint density at radius 3 is 2.75 bits per heavy atom. The van der Waals surface area contributed by atoms with Crippen molar-refractivity contribution in [2.75, 3.05) is 13.1 Å². The maximum atomic E-state index is 12.4. The first-order valence-corrected chi connectivity index (χ1v) is 7.01. The van der Waals surface area contributed by atoms with Gasteiger partial charge in [0.2, 0.25) is 11.8 Å². The van der Waals surface area contributed by atoms with Gasteiger partial charge in [0.1, 0.15) is 6.04 Å². The van der Waals surface area contributed by atoms with E-state index in [-0.39, 0.29) is 11.8 Å². The zero-order chi connectivity index (χ0) is 14.4. The fourth-order valence-corrected chi connectivity index (χ4v) is 2.31. The van der Waals surface area contributed by atoms with E-state index in [2.05, 4.69) is 5.32 Å². The lowest BCUT2D eigenvalue weighted by atomic mass is 10.1. The van der Waals surface area contributed by atoms with Crippen molar-refractivity contribution in [2.24, 2.45) is 0 Å². The van der Waals surface area contributed by atoms with Crippen molar-refractivity contribution in [3.8, 4) is 0 Å². The van der Waals surface area contributed by atoms with Crippen molar-refractivity contribution in [1.82, 2.24) is 10.2 Å². The zero-order valence-corrected chi connectivity index (χ0v) is 11.8. The van der Waals surface area contributed by atoms with Gasteiger partial charge in [-0.1, -0.05) is 48.0 Å². The van der Waals surface area contributed by atoms with Crippen LogP contribution in [0.15, 0.2) is 41.9 Å². The summed E-state index contributed by atoms with van der Waals surface area (Å²) in [6.07, 6.45) is 2.54. The molecule has 1 aromatic carbocycles. The van der Waals surface area contributed by atoms with Crippen LogP contribution in [0.25, 0.3) is 0 Å². The number of hydrogen-bond donors (Lipinski definition) is 1. The Hall–Kier alpha value is -1.81. The first kappa shape index (κ1) is 14.6. The Balaban J connectivity index is 2.11. The summed E-state index contributed by atoms with van der Waals surface area (Å²) in [5.74, 6) is -0.147. The third-order valence-electron chi connectivity index (χ3n) is 3.25. The van der Waals surface area contributed by atoms with Crippen LogP contribution in [0, 0.1) is 0 Å². The van der Waals surface area contributed by atoms with E-state index in [4.69, 9.17) is 11.6 Å². The summed E-state index contributed by atoms with van der Waals surface area (Å²) in [6, 6.07) is 9.17. The van der Waals surface area contributed by atoms with Gasteiger partial charge in [-0.3, -0.25) is 9.59 Å². The molecular formula is C15H17ClN2O2. The summed E-state index contributed by atoms with van der Waals surface area (Å²) in [7, 11) is 0. The highest BCUT2D eigenvalue weighted by atomic mass is 35.5. The topological polar surface area (TPSA) is 49.4 Å². The summed E-state index contributed by atoms with van der Waals surface area (Å²) < 4.78 is 0. The van der Waals surface area contributed by atoms with Crippen molar-refractivity contribution in [3.05, 3.63) is 47.5 Å². The van der Waals surface area contributed by atoms with Crippen molar-refractivity contribution >= 4 is 23.4 Å². The average molecular weight is 293 g/mol. The minimum atomic E-state index is -0.504. The molecule has 20 heavy (non-hydrogen) atoms. The first-order valence-electron chi connectivity index (χ1n) is 6.58. The molecule has 5 heteroatoms. The highest BCUT2D eigenvalue weighted by Gasteiger charge is 2.29. The van der Waals surface area contributed by atoms with Gasteiger partial charge in [0.05, 0.1) is 0 Å². The van der Waals surface area contributed by atoms with Gasteiger partial charge < -0.3 is 10.2 Å². The van der Waals surface area contributed by atoms with Crippen LogP contribution in [0.1, 0.15) is 12.0 Å². The molecule has 0 aromatic heterocycles. The molecule has 2 amide bonds. The molecule has 0 aliphatic carbocycles. The molecule has 1 atom stereocenters. The molecule has 0 saturated carbocycles. The molecule has 0 bridgehead atoms. The molecule has 1 N–H and O–H groups in total. The summed E-state index contributed by atoms with van der Waals surface area (Å²) in [6.45, 7) is 0.861. The maximum Gasteiger partial charge on any atom is 0.245 e. The zero-order valence-electron chi connectivity index (χ0n) is 11.1. The number of carbonyl (C=O) groups is 2. The molecule has 1 fully saturated rings. The van der Waals surface area contributed by atoms with E-state index in [9.17, 15) is 9.59 Å². The SMILES string of the molecule is O=C1CCN(C/C=C/Cl)C(=O)C(Cc2ccccc2)N1. The fourth-order valence-electron chi connectivity index (χ4n) is 2.23. The number of amides is 2. The van der Waals surface area contributed by atoms with Crippen LogP contribution in [-0.2, 0) is 16.0 Å². The minimum Gasteiger partial charge on any atom is -0.344 e. The van der Waals surface area contributed by atoms with Crippen LogP contribution in [0.5, 0.6) is 0 Å². The maximum absolute atomic E-state index is 12.4. The van der Waals surface area contributed by atoms with E-state index in [1.54, 1.807) is 11.0 Å². The first-order chi connectivity index (χ1) is 9.70. The molecular weight excluding hydrogens is 276 g/mol. The van der Waals surface area contributed by atoms with Gasteiger partial charge in [0.15, 0.2) is 0 Å². The van der Waals surface area contributed by atoms with Gasteiger partial charge in [0, 0.05) is 31.5 Å². The van der Waals surface area contributed by atoms with E-state index in [1.807, 2.05) is 30.3 Å². The van der Waals surface area contributed by atoms with Gasteiger partial charge in [0.25, 0.3) is 0 Å². The second-order valence-electron chi connectivity index (χ2n) is 4.71. The van der Waals surface area contributed by atoms with Crippen molar-refractivity contribution < 1.29 is 9.59 Å². The second kappa shape index (κ2) is 7.10. The van der Waals surface area contributed by atoms with E-state index >= 15 is 0 Å². The van der Waals surface area contributed by atoms with Crippen molar-refractivity contribution in [3.63, 3.8) is 0 Å². The number of nitrogens with one attached hydrogen (secondary N) is 1. The van der Waals surface area contributed by atoms with Crippen LogP contribution >= 0.6 is 11.6 Å². The summed E-state index contributed by atoms with van der Waals surface area (Å²) >= 11 is 5.50. The Labute approximate surface area is 123 Å². The minimum absolute atomic E-state index is 0.0607. The van der Waals surface area contributed by atoms with Gasteiger partial charge in [-0.25, -0.2) is 0 Å². The molecule has 0 radical (unpaired) electrons. The van der Waals surface area contributed by atoms with E-state index in [1.165, 1.54) is 5.54 Å². The molecule has 0 spiro atoms. The Kier molecular flexibility index (Phi) is 5.18. The predicted octanol–water partition coefficient (Wildman–Crippen LogP) is 1.70. The van der Waals surface area contributed by atoms with Crippen molar-refractivity contribution in [2.45, 2.75) is 18.9 Å². The normalized spacial score (nSPS) is 20.1. The van der Waals surface area contributed by atoms with Gasteiger partial charge in [-0.15, -0.1) is 0 Å². The Bertz CT molecular complexity index is 502. The summed E-state index contributed by atoms with van der Waals surface area (Å²) in [5.41, 5.74) is 2.42. The van der Waals surface area contributed by atoms with Crippen LogP contribution in [0.2, 0.25) is 0 Å². The monoisotopic (exact) mass is 292 g/mol. The van der Waals surface area contributed by atoms with Crippen LogP contribution in [0.4, 0.5) is 0 Å². The largest absolute Gasteiger partial charge is 0.344 e. The fraction of sp³-hybridized carbons (Fsp3) is 0.333. The number of hydrogen-bond acceptors (Lipinski definition) is 2. The van der Waals surface area contributed by atoms with E-state index in [0.717, 1.165) is 5.56 Å². The van der Waals surface area contributed by atoms with Crippen LogP contribution in [0.3, 0.4) is 0 Å². The molecule has 4 nitrogen and oxygen atoms in total. The van der Waals surface area contributed by atoms with E-state index < -0.39 is 6.04 Å². The molecule has 2 rings (SSSR count). The van der Waals surface area contributed by atoms with Gasteiger partial charge >= 0.3 is 0 Å². The third kappa shape index (κ3) is 3.84. The number of carbonyl (C=O) groups excluding carboxylic acids is 2. The summed E-state index contributed by atoms with van der Waals surface area (Å²) in [5, 5.41) is 2.80. The number of halogens is 1. The molecule has 106 valence electrons. The number of benzene rings is 1. The molecule has 1 aliphatic rings. The lowest BCUT2D eigenvalue weighted by molar-refractivity contribution is -0.133. The van der Waals surface area contributed by atoms with Gasteiger partial charge in [-0.05, 0) is 5.56 Å². The predicted molar refractivity (Wildman–Crippen MR) is 78.3 cm³/mol. The highest BCUT2D eigenvalue weighted by molar-refractivity contribution is 6.25. The third-order valence-corrected chi connectivity index (χ3v) is 3.43. The van der Waals surface area contributed by atoms with Crippen molar-refractivity contribution in [1.29, 1.82) is 0 Å². The Morgan fingerprint density at radius 1 is 1.30 bits per heavy atom. The second-order valence-corrected chi connectivity index (χ2v) is 4.96. The molecule has 1 heterocycles. The Morgan fingerprint density at radius 2 is 2.05 bits per heavy atom. The average Bonchev–Trinajstić information content (AvgIpc) is 2.59. The molecule has 1 unspecified atom stereocenters. The lowest BCUT2D eigenvalue weighted by Crippen LogP contribution is -2.46. The molecule has 1 saturated heterocycles. The standard InChI is InChI=1S/C15H17ClN2O2/c16-8-4-9-18-10-7-14(19)17-13(15(18)20)11-12-5-2-1-3-6-12/h1-6,8,13H,7,9-11H2,(H,17,19)/b8-4+. The smallest absolute Gasteiger partial charge is 0.245 e. The number of nitrogens with zero attached hydrogens (tertiary/aromatic N) is 1. The van der Waals surface area contributed by atoms with Gasteiger partial charge in [-0.2, -0.15) is 0 Å². The van der Waals surface area contributed by atoms with E-state index in [0.29, 0.717) is 25.9 Å². The lowest BCUT2D eigenvalue weighted by Gasteiger charge is -2.22. The summed E-state index contributed by atoms with van der Waals surface area (Å²) in [4.78, 5) is 25.8. The number of rotatable bonds is 4.